The van der Waals surface area contributed by atoms with Gasteiger partial charge in [-0.15, -0.1) is 0 Å². The SMILES string of the molecule is COc1cc(C(=O)N2CCN(C(=O)N3CCCCC3)CC2)c([N+](=O)[O-])cc1OC(F)F. The van der Waals surface area contributed by atoms with E-state index in [0.29, 0.717) is 13.1 Å². The number of carbonyl (C=O) groups is 2. The Morgan fingerprint density at radius 2 is 1.55 bits per heavy atom. The van der Waals surface area contributed by atoms with Crippen LogP contribution in [-0.4, -0.2) is 84.6 Å². The Morgan fingerprint density at radius 3 is 2.10 bits per heavy atom. The predicted molar refractivity (Wildman–Crippen MR) is 105 cm³/mol. The van der Waals surface area contributed by atoms with E-state index in [-0.39, 0.29) is 30.4 Å². The van der Waals surface area contributed by atoms with E-state index < -0.39 is 28.9 Å². The lowest BCUT2D eigenvalue weighted by molar-refractivity contribution is -0.385. The summed E-state index contributed by atoms with van der Waals surface area (Å²) in [6, 6.07) is 1.73. The second-order valence-electron chi connectivity index (χ2n) is 7.27. The van der Waals surface area contributed by atoms with Crippen LogP contribution in [0.15, 0.2) is 12.1 Å². The molecule has 0 aromatic heterocycles. The number of halogens is 2. The monoisotopic (exact) mass is 442 g/mol. The fraction of sp³-hybridized carbons (Fsp3) is 0.579. The maximum absolute atomic E-state index is 13.0. The van der Waals surface area contributed by atoms with Crippen molar-refractivity contribution in [2.75, 3.05) is 46.4 Å². The average Bonchev–Trinajstić information content (AvgIpc) is 2.78. The normalized spacial score (nSPS) is 17.0. The van der Waals surface area contributed by atoms with Crippen LogP contribution in [0.4, 0.5) is 19.3 Å². The molecule has 3 rings (SSSR count). The van der Waals surface area contributed by atoms with E-state index in [4.69, 9.17) is 4.74 Å². The Kier molecular flexibility index (Phi) is 7.08. The van der Waals surface area contributed by atoms with Crippen molar-refractivity contribution in [1.29, 1.82) is 0 Å². The van der Waals surface area contributed by atoms with Crippen LogP contribution >= 0.6 is 0 Å². The molecule has 2 aliphatic heterocycles. The third kappa shape index (κ3) is 5.12. The summed E-state index contributed by atoms with van der Waals surface area (Å²) in [5, 5.41) is 11.5. The second-order valence-corrected chi connectivity index (χ2v) is 7.27. The standard InChI is InChI=1S/C19H24F2N4O6/c1-30-15-11-13(14(25(28)29)12-16(15)31-18(20)21)17(26)22-7-9-24(10-8-22)19(27)23-5-3-2-4-6-23/h11-12,18H,2-10H2,1H3. The quantitative estimate of drug-likeness (QED) is 0.513. The highest BCUT2D eigenvalue weighted by Gasteiger charge is 2.32. The molecule has 1 aromatic carbocycles. The molecule has 2 aliphatic rings. The number of urea groups is 1. The summed E-state index contributed by atoms with van der Waals surface area (Å²) >= 11 is 0. The largest absolute Gasteiger partial charge is 0.493 e. The Labute approximate surface area is 177 Å². The topological polar surface area (TPSA) is 105 Å². The number of ether oxygens (including phenoxy) is 2. The van der Waals surface area contributed by atoms with Gasteiger partial charge in [0.15, 0.2) is 11.5 Å². The number of likely N-dealkylation sites (tertiary alicyclic amines) is 1. The van der Waals surface area contributed by atoms with Gasteiger partial charge in [0.2, 0.25) is 0 Å². The van der Waals surface area contributed by atoms with Crippen LogP contribution in [0.3, 0.4) is 0 Å². The second kappa shape index (κ2) is 9.75. The van der Waals surface area contributed by atoms with E-state index in [1.165, 1.54) is 12.0 Å². The molecule has 0 bridgehead atoms. The first-order valence-electron chi connectivity index (χ1n) is 9.96. The van der Waals surface area contributed by atoms with Crippen molar-refractivity contribution in [3.05, 3.63) is 27.8 Å². The van der Waals surface area contributed by atoms with Crippen LogP contribution in [0.1, 0.15) is 29.6 Å². The van der Waals surface area contributed by atoms with Crippen molar-refractivity contribution in [1.82, 2.24) is 14.7 Å². The van der Waals surface area contributed by atoms with Gasteiger partial charge in [0.05, 0.1) is 18.1 Å². The third-order valence-corrected chi connectivity index (χ3v) is 5.39. The summed E-state index contributed by atoms with van der Waals surface area (Å²) in [5.74, 6) is -1.38. The number of piperidine rings is 1. The van der Waals surface area contributed by atoms with Crippen molar-refractivity contribution < 1.29 is 32.8 Å². The van der Waals surface area contributed by atoms with E-state index in [9.17, 15) is 28.5 Å². The van der Waals surface area contributed by atoms with Crippen LogP contribution in [0.5, 0.6) is 11.5 Å². The first kappa shape index (κ1) is 22.5. The molecule has 1 aromatic rings. The molecule has 0 radical (unpaired) electrons. The van der Waals surface area contributed by atoms with E-state index in [0.717, 1.165) is 44.5 Å². The van der Waals surface area contributed by atoms with Gasteiger partial charge < -0.3 is 24.2 Å². The first-order valence-corrected chi connectivity index (χ1v) is 9.96. The van der Waals surface area contributed by atoms with Crippen molar-refractivity contribution in [3.63, 3.8) is 0 Å². The highest BCUT2D eigenvalue weighted by atomic mass is 19.3. The van der Waals surface area contributed by atoms with Gasteiger partial charge >= 0.3 is 12.6 Å². The molecule has 0 spiro atoms. The fourth-order valence-corrected chi connectivity index (χ4v) is 3.78. The van der Waals surface area contributed by atoms with E-state index in [2.05, 4.69) is 4.74 Å². The Balaban J connectivity index is 1.74. The Morgan fingerprint density at radius 1 is 0.968 bits per heavy atom. The number of amides is 3. The van der Waals surface area contributed by atoms with Crippen molar-refractivity contribution in [2.24, 2.45) is 0 Å². The highest BCUT2D eigenvalue weighted by Crippen LogP contribution is 2.36. The van der Waals surface area contributed by atoms with E-state index >= 15 is 0 Å². The maximum Gasteiger partial charge on any atom is 0.387 e. The average molecular weight is 442 g/mol. The van der Waals surface area contributed by atoms with Crippen molar-refractivity contribution >= 4 is 17.6 Å². The minimum absolute atomic E-state index is 0.0621. The summed E-state index contributed by atoms with van der Waals surface area (Å²) in [6.45, 7) is -0.758. The molecule has 12 heteroatoms. The van der Waals surface area contributed by atoms with Gasteiger partial charge in [-0.3, -0.25) is 14.9 Å². The van der Waals surface area contributed by atoms with Crippen LogP contribution < -0.4 is 9.47 Å². The summed E-state index contributed by atoms with van der Waals surface area (Å²) in [6.07, 6.45) is 3.05. The molecular formula is C19H24F2N4O6. The molecular weight excluding hydrogens is 418 g/mol. The molecule has 3 amide bonds. The molecule has 0 saturated carbocycles. The zero-order chi connectivity index (χ0) is 22.5. The number of carbonyl (C=O) groups excluding carboxylic acids is 2. The molecule has 31 heavy (non-hydrogen) atoms. The van der Waals surface area contributed by atoms with Crippen molar-refractivity contribution in [3.8, 4) is 11.5 Å². The minimum atomic E-state index is -3.21. The van der Waals surface area contributed by atoms with Gasteiger partial charge in [-0.05, 0) is 19.3 Å². The number of nitro benzene ring substituents is 1. The fourth-order valence-electron chi connectivity index (χ4n) is 3.78. The zero-order valence-electron chi connectivity index (χ0n) is 17.1. The number of benzene rings is 1. The number of piperazine rings is 1. The van der Waals surface area contributed by atoms with Gasteiger partial charge in [0.1, 0.15) is 5.56 Å². The van der Waals surface area contributed by atoms with Crippen LogP contribution in [0.25, 0.3) is 0 Å². The third-order valence-electron chi connectivity index (χ3n) is 5.39. The lowest BCUT2D eigenvalue weighted by Crippen LogP contribution is -2.54. The van der Waals surface area contributed by atoms with Crippen LogP contribution in [0.2, 0.25) is 0 Å². The lowest BCUT2D eigenvalue weighted by Gasteiger charge is -2.38. The number of hydrogen-bond donors (Lipinski definition) is 0. The number of alkyl halides is 2. The van der Waals surface area contributed by atoms with Crippen LogP contribution in [-0.2, 0) is 0 Å². The van der Waals surface area contributed by atoms with Gasteiger partial charge in [0.25, 0.3) is 11.6 Å². The molecule has 2 fully saturated rings. The molecule has 10 nitrogen and oxygen atoms in total. The van der Waals surface area contributed by atoms with Gasteiger partial charge in [0, 0.05) is 45.3 Å². The van der Waals surface area contributed by atoms with E-state index in [1.807, 2.05) is 0 Å². The minimum Gasteiger partial charge on any atom is -0.493 e. The molecule has 0 unspecified atom stereocenters. The smallest absolute Gasteiger partial charge is 0.387 e. The van der Waals surface area contributed by atoms with E-state index in [1.54, 1.807) is 9.80 Å². The Bertz CT molecular complexity index is 839. The Hall–Kier alpha value is -3.18. The molecule has 0 aliphatic carbocycles. The lowest BCUT2D eigenvalue weighted by atomic mass is 10.1. The predicted octanol–water partition coefficient (Wildman–Crippen LogP) is 2.57. The first-order chi connectivity index (χ1) is 14.8. The molecule has 2 heterocycles. The molecule has 2 saturated heterocycles. The number of rotatable bonds is 5. The summed E-state index contributed by atoms with van der Waals surface area (Å²) in [5.41, 5.74) is -0.951. The number of methoxy groups -OCH3 is 1. The highest BCUT2D eigenvalue weighted by molar-refractivity contribution is 5.99. The number of hydrogen-bond acceptors (Lipinski definition) is 6. The number of nitro groups is 1. The van der Waals surface area contributed by atoms with Gasteiger partial charge in [-0.2, -0.15) is 8.78 Å². The maximum atomic E-state index is 13.0. The summed E-state index contributed by atoms with van der Waals surface area (Å²) < 4.78 is 34.4. The molecule has 0 atom stereocenters. The zero-order valence-corrected chi connectivity index (χ0v) is 17.1. The molecule has 0 N–H and O–H groups in total. The number of nitrogens with zero attached hydrogens (tertiary/aromatic N) is 4. The summed E-state index contributed by atoms with van der Waals surface area (Å²) in [4.78, 5) is 41.1. The van der Waals surface area contributed by atoms with Crippen molar-refractivity contribution in [2.45, 2.75) is 25.9 Å². The summed E-state index contributed by atoms with van der Waals surface area (Å²) in [7, 11) is 1.18. The van der Waals surface area contributed by atoms with Gasteiger partial charge in [-0.25, -0.2) is 4.79 Å². The van der Waals surface area contributed by atoms with Gasteiger partial charge in [-0.1, -0.05) is 0 Å². The van der Waals surface area contributed by atoms with Crippen LogP contribution in [0, 0.1) is 10.1 Å². The molecule has 170 valence electrons.